The van der Waals surface area contributed by atoms with Crippen LogP contribution in [0.4, 0.5) is 0 Å². The van der Waals surface area contributed by atoms with Crippen LogP contribution >= 0.6 is 0 Å². The number of unbranched alkanes of at least 4 members (excludes halogenated alkanes) is 11. The molecule has 0 unspecified atom stereocenters. The molecular formula is C36H62N4. The molecule has 2 atom stereocenters. The molecule has 4 heteroatoms. The third-order valence-electron chi connectivity index (χ3n) is 8.02. The van der Waals surface area contributed by atoms with Crippen molar-refractivity contribution in [2.75, 3.05) is 39.3 Å². The first-order valence-electron chi connectivity index (χ1n) is 16.8. The highest BCUT2D eigenvalue weighted by atomic mass is 14.9. The van der Waals surface area contributed by atoms with Crippen molar-refractivity contribution < 1.29 is 0 Å². The summed E-state index contributed by atoms with van der Waals surface area (Å²) in [7, 11) is 0. The van der Waals surface area contributed by atoms with Gasteiger partial charge in [-0.3, -0.25) is 0 Å². The minimum atomic E-state index is 0.452. The van der Waals surface area contributed by atoms with Crippen LogP contribution in [0.15, 0.2) is 60.7 Å². The Morgan fingerprint density at radius 3 is 0.975 bits per heavy atom. The largest absolute Gasteiger partial charge is 0.317 e. The van der Waals surface area contributed by atoms with Crippen LogP contribution in [0.1, 0.15) is 127 Å². The Labute approximate surface area is 247 Å². The average Bonchev–Trinajstić information content (AvgIpc) is 3.00. The molecule has 2 rings (SSSR count). The fourth-order valence-corrected chi connectivity index (χ4v) is 5.27. The SMILES string of the molecule is C[C@H](NCCCCCCNCCCCCCCCNCCCCCCN[C@@H](C)c1ccccc1)c1ccccc1. The van der Waals surface area contributed by atoms with Gasteiger partial charge in [0, 0.05) is 12.1 Å². The first-order chi connectivity index (χ1) is 19.8. The first-order valence-corrected chi connectivity index (χ1v) is 16.8. The molecular weight excluding hydrogens is 488 g/mol. The summed E-state index contributed by atoms with van der Waals surface area (Å²) >= 11 is 0. The molecule has 40 heavy (non-hydrogen) atoms. The monoisotopic (exact) mass is 550 g/mol. The molecule has 0 saturated carbocycles. The summed E-state index contributed by atoms with van der Waals surface area (Å²) in [5, 5.41) is 14.6. The number of nitrogens with one attached hydrogen (secondary N) is 4. The Hall–Kier alpha value is -1.72. The fourth-order valence-electron chi connectivity index (χ4n) is 5.27. The van der Waals surface area contributed by atoms with Crippen LogP contribution in [0.25, 0.3) is 0 Å². The lowest BCUT2D eigenvalue weighted by molar-refractivity contribution is 0.513. The molecule has 0 saturated heterocycles. The second-order valence-corrected chi connectivity index (χ2v) is 11.6. The summed E-state index contributed by atoms with van der Waals surface area (Å²) in [6.45, 7) is 11.5. The van der Waals surface area contributed by atoms with Gasteiger partial charge in [0.15, 0.2) is 0 Å². The molecule has 0 amide bonds. The third-order valence-corrected chi connectivity index (χ3v) is 8.02. The number of benzene rings is 2. The summed E-state index contributed by atoms with van der Waals surface area (Å²) in [5.74, 6) is 0. The Balaban J connectivity index is 1.20. The van der Waals surface area contributed by atoms with E-state index < -0.39 is 0 Å². The van der Waals surface area contributed by atoms with Crippen molar-refractivity contribution in [2.45, 2.75) is 116 Å². The fraction of sp³-hybridized carbons (Fsp3) is 0.667. The van der Waals surface area contributed by atoms with Crippen molar-refractivity contribution in [3.63, 3.8) is 0 Å². The quantitative estimate of drug-likeness (QED) is 0.0845. The third kappa shape index (κ3) is 18.6. The molecule has 0 heterocycles. The molecule has 0 fully saturated rings. The van der Waals surface area contributed by atoms with Crippen LogP contribution in [0.3, 0.4) is 0 Å². The second kappa shape index (κ2) is 25.0. The number of hydrogen-bond acceptors (Lipinski definition) is 4. The average molecular weight is 551 g/mol. The van der Waals surface area contributed by atoms with E-state index in [0.717, 1.165) is 13.1 Å². The van der Waals surface area contributed by atoms with Gasteiger partial charge in [0.05, 0.1) is 0 Å². The maximum atomic E-state index is 3.65. The molecule has 0 spiro atoms. The molecule has 4 N–H and O–H groups in total. The van der Waals surface area contributed by atoms with E-state index in [1.54, 1.807) is 0 Å². The molecule has 226 valence electrons. The van der Waals surface area contributed by atoms with Gasteiger partial charge in [0.2, 0.25) is 0 Å². The minimum absolute atomic E-state index is 0.452. The zero-order valence-electron chi connectivity index (χ0n) is 26.1. The van der Waals surface area contributed by atoms with Crippen molar-refractivity contribution >= 4 is 0 Å². The zero-order chi connectivity index (χ0) is 28.4. The molecule has 0 aromatic heterocycles. The highest BCUT2D eigenvalue weighted by Crippen LogP contribution is 2.12. The lowest BCUT2D eigenvalue weighted by atomic mass is 10.1. The van der Waals surface area contributed by atoms with Crippen LogP contribution in [0.2, 0.25) is 0 Å². The van der Waals surface area contributed by atoms with Crippen molar-refractivity contribution in [1.29, 1.82) is 0 Å². The molecule has 2 aromatic rings. The maximum Gasteiger partial charge on any atom is 0.0291 e. The van der Waals surface area contributed by atoms with E-state index in [-0.39, 0.29) is 0 Å². The summed E-state index contributed by atoms with van der Waals surface area (Å²) in [6.07, 6.45) is 18.7. The molecule has 4 nitrogen and oxygen atoms in total. The highest BCUT2D eigenvalue weighted by molar-refractivity contribution is 5.18. The smallest absolute Gasteiger partial charge is 0.0291 e. The van der Waals surface area contributed by atoms with Crippen molar-refractivity contribution in [3.05, 3.63) is 71.8 Å². The summed E-state index contributed by atoms with van der Waals surface area (Å²) in [4.78, 5) is 0. The van der Waals surface area contributed by atoms with E-state index in [1.807, 2.05) is 0 Å². The van der Waals surface area contributed by atoms with Gasteiger partial charge in [-0.1, -0.05) is 112 Å². The highest BCUT2D eigenvalue weighted by Gasteiger charge is 2.03. The molecule has 0 aliphatic carbocycles. The van der Waals surface area contributed by atoms with Crippen molar-refractivity contribution in [2.24, 2.45) is 0 Å². The van der Waals surface area contributed by atoms with Crippen LogP contribution in [0, 0.1) is 0 Å². The lowest BCUT2D eigenvalue weighted by Crippen LogP contribution is -2.20. The van der Waals surface area contributed by atoms with Crippen LogP contribution in [-0.4, -0.2) is 39.3 Å². The van der Waals surface area contributed by atoms with Gasteiger partial charge in [-0.2, -0.15) is 0 Å². The van der Waals surface area contributed by atoms with Gasteiger partial charge in [-0.05, 0) is 103 Å². The van der Waals surface area contributed by atoms with Gasteiger partial charge in [0.1, 0.15) is 0 Å². The zero-order valence-corrected chi connectivity index (χ0v) is 26.1. The predicted octanol–water partition coefficient (Wildman–Crippen LogP) is 8.33. The van der Waals surface area contributed by atoms with E-state index >= 15 is 0 Å². The van der Waals surface area contributed by atoms with Gasteiger partial charge in [-0.15, -0.1) is 0 Å². The Morgan fingerprint density at radius 1 is 0.375 bits per heavy atom. The van der Waals surface area contributed by atoms with Gasteiger partial charge >= 0.3 is 0 Å². The summed E-state index contributed by atoms with van der Waals surface area (Å²) < 4.78 is 0. The van der Waals surface area contributed by atoms with Crippen molar-refractivity contribution in [3.8, 4) is 0 Å². The van der Waals surface area contributed by atoms with E-state index in [2.05, 4.69) is 95.8 Å². The summed E-state index contributed by atoms with van der Waals surface area (Å²) in [5.41, 5.74) is 2.77. The van der Waals surface area contributed by atoms with E-state index in [0.29, 0.717) is 12.1 Å². The molecule has 0 radical (unpaired) electrons. The Kier molecular flexibility index (Phi) is 21.6. The molecule has 0 bridgehead atoms. The summed E-state index contributed by atoms with van der Waals surface area (Å²) in [6, 6.07) is 22.4. The van der Waals surface area contributed by atoms with Gasteiger partial charge < -0.3 is 21.3 Å². The predicted molar refractivity (Wildman–Crippen MR) is 176 cm³/mol. The maximum absolute atomic E-state index is 3.65. The van der Waals surface area contributed by atoms with Crippen LogP contribution in [-0.2, 0) is 0 Å². The Bertz CT molecular complexity index is 714. The normalized spacial score (nSPS) is 12.9. The van der Waals surface area contributed by atoms with Gasteiger partial charge in [-0.25, -0.2) is 0 Å². The van der Waals surface area contributed by atoms with Crippen LogP contribution < -0.4 is 21.3 Å². The molecule has 0 aliphatic heterocycles. The number of rotatable bonds is 27. The van der Waals surface area contributed by atoms with E-state index in [1.165, 1.54) is 127 Å². The minimum Gasteiger partial charge on any atom is -0.317 e. The standard InChI is InChI=1S/C36H62N4/c1-33(35-23-13-11-14-24-35)39-31-21-9-7-19-29-37-27-17-5-3-4-6-18-28-38-30-20-8-10-22-32-40-34(2)36-25-15-12-16-26-36/h11-16,23-26,33-34,37-40H,3-10,17-22,27-32H2,1-2H3/t33-,34-/m0/s1. The van der Waals surface area contributed by atoms with Gasteiger partial charge in [0.25, 0.3) is 0 Å². The first kappa shape index (κ1) is 34.5. The van der Waals surface area contributed by atoms with E-state index in [4.69, 9.17) is 0 Å². The second-order valence-electron chi connectivity index (χ2n) is 11.6. The van der Waals surface area contributed by atoms with E-state index in [9.17, 15) is 0 Å². The Morgan fingerprint density at radius 2 is 0.650 bits per heavy atom. The molecule has 2 aromatic carbocycles. The topological polar surface area (TPSA) is 48.1 Å². The van der Waals surface area contributed by atoms with Crippen molar-refractivity contribution in [1.82, 2.24) is 21.3 Å². The number of hydrogen-bond donors (Lipinski definition) is 4. The van der Waals surface area contributed by atoms with Crippen LogP contribution in [0.5, 0.6) is 0 Å². The molecule has 0 aliphatic rings. The lowest BCUT2D eigenvalue weighted by Gasteiger charge is -2.14.